The molecular formula is C18H21NO4. The lowest BCUT2D eigenvalue weighted by atomic mass is 10.2. The van der Waals surface area contributed by atoms with Crippen LogP contribution in [0.4, 0.5) is 5.69 Å². The average molecular weight is 315 g/mol. The molecule has 0 saturated carbocycles. The first-order chi connectivity index (χ1) is 11.1. The van der Waals surface area contributed by atoms with Crippen LogP contribution in [0.1, 0.15) is 13.8 Å². The highest BCUT2D eigenvalue weighted by Gasteiger charge is 2.15. The first kappa shape index (κ1) is 16.7. The Balaban J connectivity index is 1.93. The van der Waals surface area contributed by atoms with Crippen LogP contribution in [0, 0.1) is 0 Å². The van der Waals surface area contributed by atoms with E-state index in [1.54, 1.807) is 38.3 Å². The standard InChI is InChI=1S/C18H21NO4/c1-4-22-15-8-10-16(11-9-15)23-13(2)18(20)19-14-6-5-7-17(12-14)21-3/h5-13H,4H2,1-3H3,(H,19,20). The van der Waals surface area contributed by atoms with E-state index in [1.807, 2.05) is 31.2 Å². The van der Waals surface area contributed by atoms with Crippen molar-refractivity contribution in [1.29, 1.82) is 0 Å². The second kappa shape index (κ2) is 8.08. The van der Waals surface area contributed by atoms with Crippen molar-refractivity contribution in [3.8, 4) is 17.2 Å². The van der Waals surface area contributed by atoms with Crippen LogP contribution in [0.25, 0.3) is 0 Å². The third-order valence-electron chi connectivity index (χ3n) is 3.15. The number of rotatable bonds is 7. The number of hydrogen-bond acceptors (Lipinski definition) is 4. The molecule has 5 nitrogen and oxygen atoms in total. The number of carbonyl (C=O) groups excluding carboxylic acids is 1. The fourth-order valence-electron chi connectivity index (χ4n) is 1.98. The predicted molar refractivity (Wildman–Crippen MR) is 89.3 cm³/mol. The number of ether oxygens (including phenoxy) is 3. The lowest BCUT2D eigenvalue weighted by Gasteiger charge is -2.15. The monoisotopic (exact) mass is 315 g/mol. The lowest BCUT2D eigenvalue weighted by Crippen LogP contribution is -2.30. The highest BCUT2D eigenvalue weighted by atomic mass is 16.5. The van der Waals surface area contributed by atoms with Gasteiger partial charge in [-0.15, -0.1) is 0 Å². The molecule has 23 heavy (non-hydrogen) atoms. The van der Waals surface area contributed by atoms with Crippen molar-refractivity contribution in [2.24, 2.45) is 0 Å². The molecule has 2 aromatic rings. The maximum Gasteiger partial charge on any atom is 0.265 e. The summed E-state index contributed by atoms with van der Waals surface area (Å²) in [6.45, 7) is 4.24. The smallest absolute Gasteiger partial charge is 0.265 e. The van der Waals surface area contributed by atoms with Crippen LogP contribution in [-0.4, -0.2) is 25.7 Å². The molecule has 1 unspecified atom stereocenters. The number of amides is 1. The maximum atomic E-state index is 12.2. The lowest BCUT2D eigenvalue weighted by molar-refractivity contribution is -0.122. The summed E-state index contributed by atoms with van der Waals surface area (Å²) in [5, 5.41) is 2.80. The molecule has 0 heterocycles. The Morgan fingerprint density at radius 2 is 1.78 bits per heavy atom. The van der Waals surface area contributed by atoms with Gasteiger partial charge >= 0.3 is 0 Å². The van der Waals surface area contributed by atoms with E-state index in [0.717, 1.165) is 5.75 Å². The molecule has 2 aromatic carbocycles. The number of carbonyl (C=O) groups is 1. The van der Waals surface area contributed by atoms with Crippen molar-refractivity contribution < 1.29 is 19.0 Å². The molecule has 0 aliphatic rings. The van der Waals surface area contributed by atoms with Crippen molar-refractivity contribution in [1.82, 2.24) is 0 Å². The number of hydrogen-bond donors (Lipinski definition) is 1. The average Bonchev–Trinajstić information content (AvgIpc) is 2.57. The number of benzene rings is 2. The Morgan fingerprint density at radius 3 is 2.43 bits per heavy atom. The summed E-state index contributed by atoms with van der Waals surface area (Å²) in [6.07, 6.45) is -0.626. The Bertz CT molecular complexity index is 640. The minimum absolute atomic E-state index is 0.230. The summed E-state index contributed by atoms with van der Waals surface area (Å²) in [5.41, 5.74) is 0.663. The van der Waals surface area contributed by atoms with Crippen molar-refractivity contribution in [2.75, 3.05) is 19.0 Å². The minimum atomic E-state index is -0.626. The molecule has 0 bridgehead atoms. The zero-order valence-electron chi connectivity index (χ0n) is 13.5. The van der Waals surface area contributed by atoms with Crippen LogP contribution in [0.5, 0.6) is 17.2 Å². The van der Waals surface area contributed by atoms with E-state index < -0.39 is 6.10 Å². The van der Waals surface area contributed by atoms with Crippen LogP contribution in [0.3, 0.4) is 0 Å². The van der Waals surface area contributed by atoms with Crippen molar-refractivity contribution in [3.63, 3.8) is 0 Å². The normalized spacial score (nSPS) is 11.4. The summed E-state index contributed by atoms with van der Waals surface area (Å²) in [5.74, 6) is 1.84. The van der Waals surface area contributed by atoms with Gasteiger partial charge in [0.15, 0.2) is 6.10 Å². The molecule has 122 valence electrons. The molecule has 1 atom stereocenters. The summed E-state index contributed by atoms with van der Waals surface area (Å²) < 4.78 is 16.1. The minimum Gasteiger partial charge on any atom is -0.497 e. The van der Waals surface area contributed by atoms with Gasteiger partial charge in [-0.25, -0.2) is 0 Å². The quantitative estimate of drug-likeness (QED) is 0.849. The van der Waals surface area contributed by atoms with E-state index in [4.69, 9.17) is 14.2 Å². The second-order valence-electron chi connectivity index (χ2n) is 4.89. The zero-order valence-corrected chi connectivity index (χ0v) is 13.5. The molecule has 1 amide bonds. The van der Waals surface area contributed by atoms with Gasteiger partial charge in [-0.2, -0.15) is 0 Å². The third kappa shape index (κ3) is 4.92. The maximum absolute atomic E-state index is 12.2. The highest BCUT2D eigenvalue weighted by molar-refractivity contribution is 5.94. The van der Waals surface area contributed by atoms with Gasteiger partial charge in [0.25, 0.3) is 5.91 Å². The third-order valence-corrected chi connectivity index (χ3v) is 3.15. The Labute approximate surface area is 136 Å². The van der Waals surface area contributed by atoms with Gasteiger partial charge < -0.3 is 19.5 Å². The van der Waals surface area contributed by atoms with Crippen molar-refractivity contribution >= 4 is 11.6 Å². The van der Waals surface area contributed by atoms with Crippen LogP contribution < -0.4 is 19.5 Å². The fourth-order valence-corrected chi connectivity index (χ4v) is 1.98. The molecule has 2 rings (SSSR count). The summed E-state index contributed by atoms with van der Waals surface area (Å²) in [4.78, 5) is 12.2. The molecule has 0 fully saturated rings. The predicted octanol–water partition coefficient (Wildman–Crippen LogP) is 3.50. The molecule has 0 saturated heterocycles. The number of nitrogens with one attached hydrogen (secondary N) is 1. The van der Waals surface area contributed by atoms with Gasteiger partial charge in [0.2, 0.25) is 0 Å². The van der Waals surface area contributed by atoms with Gasteiger partial charge in [0, 0.05) is 11.8 Å². The zero-order chi connectivity index (χ0) is 16.7. The van der Waals surface area contributed by atoms with E-state index in [1.165, 1.54) is 0 Å². The Morgan fingerprint density at radius 1 is 1.09 bits per heavy atom. The van der Waals surface area contributed by atoms with Gasteiger partial charge in [-0.05, 0) is 50.2 Å². The first-order valence-electron chi connectivity index (χ1n) is 7.46. The molecule has 0 aliphatic carbocycles. The van der Waals surface area contributed by atoms with Crippen molar-refractivity contribution in [3.05, 3.63) is 48.5 Å². The van der Waals surface area contributed by atoms with Gasteiger partial charge in [0.05, 0.1) is 13.7 Å². The summed E-state index contributed by atoms with van der Waals surface area (Å²) in [6, 6.07) is 14.4. The van der Waals surface area contributed by atoms with E-state index in [-0.39, 0.29) is 5.91 Å². The largest absolute Gasteiger partial charge is 0.497 e. The molecule has 5 heteroatoms. The highest BCUT2D eigenvalue weighted by Crippen LogP contribution is 2.20. The van der Waals surface area contributed by atoms with E-state index >= 15 is 0 Å². The van der Waals surface area contributed by atoms with E-state index in [0.29, 0.717) is 23.8 Å². The second-order valence-corrected chi connectivity index (χ2v) is 4.89. The van der Waals surface area contributed by atoms with Crippen molar-refractivity contribution in [2.45, 2.75) is 20.0 Å². The number of anilines is 1. The van der Waals surface area contributed by atoms with Crippen LogP contribution >= 0.6 is 0 Å². The summed E-state index contributed by atoms with van der Waals surface area (Å²) in [7, 11) is 1.58. The summed E-state index contributed by atoms with van der Waals surface area (Å²) >= 11 is 0. The first-order valence-corrected chi connectivity index (χ1v) is 7.46. The molecular weight excluding hydrogens is 294 g/mol. The molecule has 0 aliphatic heterocycles. The SMILES string of the molecule is CCOc1ccc(OC(C)C(=O)Nc2cccc(OC)c2)cc1. The van der Waals surface area contributed by atoms with Crippen LogP contribution in [0.2, 0.25) is 0 Å². The molecule has 0 aromatic heterocycles. The topological polar surface area (TPSA) is 56.8 Å². The number of methoxy groups -OCH3 is 1. The Hall–Kier alpha value is -2.69. The fraction of sp³-hybridized carbons (Fsp3) is 0.278. The Kier molecular flexibility index (Phi) is 5.86. The van der Waals surface area contributed by atoms with Gasteiger partial charge in [-0.3, -0.25) is 4.79 Å². The van der Waals surface area contributed by atoms with Gasteiger partial charge in [0.1, 0.15) is 17.2 Å². The molecule has 0 spiro atoms. The van der Waals surface area contributed by atoms with E-state index in [9.17, 15) is 4.79 Å². The molecule has 0 radical (unpaired) electrons. The van der Waals surface area contributed by atoms with Crippen LogP contribution in [0.15, 0.2) is 48.5 Å². The van der Waals surface area contributed by atoms with Gasteiger partial charge in [-0.1, -0.05) is 6.07 Å². The molecule has 1 N–H and O–H groups in total. The van der Waals surface area contributed by atoms with Crippen LogP contribution in [-0.2, 0) is 4.79 Å². The van der Waals surface area contributed by atoms with E-state index in [2.05, 4.69) is 5.32 Å².